The minimum Gasteiger partial charge on any atom is -0.324 e. The first-order chi connectivity index (χ1) is 15.0. The van der Waals surface area contributed by atoms with Gasteiger partial charge in [0.1, 0.15) is 6.04 Å². The van der Waals surface area contributed by atoms with E-state index < -0.39 is 11.9 Å². The van der Waals surface area contributed by atoms with Crippen molar-refractivity contribution in [3.63, 3.8) is 0 Å². The summed E-state index contributed by atoms with van der Waals surface area (Å²) < 4.78 is 0. The Hall–Kier alpha value is -3.97. The fourth-order valence-electron chi connectivity index (χ4n) is 3.70. The van der Waals surface area contributed by atoms with Gasteiger partial charge in [0.2, 0.25) is 5.91 Å². The molecule has 0 saturated heterocycles. The average Bonchev–Trinajstić information content (AvgIpc) is 2.89. The SMILES string of the molecule is CC1C(=O)Nc2ccccc2C(=O)N1Cc1ccc(C(=O)NO)c(-c2ccccc2)c1. The Morgan fingerprint density at radius 1 is 1.00 bits per heavy atom. The van der Waals surface area contributed by atoms with Gasteiger partial charge >= 0.3 is 0 Å². The van der Waals surface area contributed by atoms with Crippen LogP contribution in [0.1, 0.15) is 33.2 Å². The highest BCUT2D eigenvalue weighted by atomic mass is 16.5. The predicted molar refractivity (Wildman–Crippen MR) is 116 cm³/mol. The summed E-state index contributed by atoms with van der Waals surface area (Å²) in [5.74, 6) is -1.14. The topological polar surface area (TPSA) is 98.7 Å². The van der Waals surface area contributed by atoms with E-state index in [1.807, 2.05) is 30.3 Å². The molecule has 1 aliphatic heterocycles. The zero-order valence-corrected chi connectivity index (χ0v) is 16.8. The van der Waals surface area contributed by atoms with Crippen molar-refractivity contribution in [2.75, 3.05) is 5.32 Å². The average molecular weight is 415 g/mol. The van der Waals surface area contributed by atoms with Crippen LogP contribution in [-0.4, -0.2) is 33.9 Å². The van der Waals surface area contributed by atoms with E-state index >= 15 is 0 Å². The summed E-state index contributed by atoms with van der Waals surface area (Å²) in [6, 6.07) is 20.6. The second-order valence-electron chi connectivity index (χ2n) is 7.33. The molecule has 3 N–H and O–H groups in total. The van der Waals surface area contributed by atoms with Gasteiger partial charge in [-0.05, 0) is 47.9 Å². The molecule has 7 nitrogen and oxygen atoms in total. The minimum atomic E-state index is -0.680. The largest absolute Gasteiger partial charge is 0.324 e. The monoisotopic (exact) mass is 415 g/mol. The van der Waals surface area contributed by atoms with Crippen molar-refractivity contribution < 1.29 is 19.6 Å². The zero-order valence-electron chi connectivity index (χ0n) is 16.8. The van der Waals surface area contributed by atoms with Crippen LogP contribution in [0.2, 0.25) is 0 Å². The van der Waals surface area contributed by atoms with Gasteiger partial charge < -0.3 is 10.2 Å². The maximum absolute atomic E-state index is 13.2. The summed E-state index contributed by atoms with van der Waals surface area (Å²) in [7, 11) is 0. The van der Waals surface area contributed by atoms with Gasteiger partial charge in [-0.2, -0.15) is 0 Å². The van der Waals surface area contributed by atoms with E-state index in [2.05, 4.69) is 5.32 Å². The Kier molecular flexibility index (Phi) is 5.51. The maximum atomic E-state index is 13.2. The van der Waals surface area contributed by atoms with Crippen molar-refractivity contribution in [3.05, 3.63) is 89.5 Å². The predicted octanol–water partition coefficient (Wildman–Crippen LogP) is 3.46. The fraction of sp³-hybridized carbons (Fsp3) is 0.125. The summed E-state index contributed by atoms with van der Waals surface area (Å²) in [4.78, 5) is 39.5. The number of amides is 3. The lowest BCUT2D eigenvalue weighted by atomic mass is 9.96. The van der Waals surface area contributed by atoms with Gasteiger partial charge in [0, 0.05) is 12.1 Å². The number of rotatable bonds is 4. The molecule has 156 valence electrons. The Balaban J connectivity index is 1.74. The summed E-state index contributed by atoms with van der Waals surface area (Å²) in [6.07, 6.45) is 0. The third kappa shape index (κ3) is 3.91. The molecule has 7 heteroatoms. The van der Waals surface area contributed by atoms with E-state index in [9.17, 15) is 14.4 Å². The Morgan fingerprint density at radius 3 is 2.45 bits per heavy atom. The van der Waals surface area contributed by atoms with E-state index in [0.717, 1.165) is 11.1 Å². The number of carbonyl (C=O) groups excluding carboxylic acids is 3. The summed E-state index contributed by atoms with van der Waals surface area (Å²) in [6.45, 7) is 1.87. The lowest BCUT2D eigenvalue weighted by Crippen LogP contribution is -2.42. The van der Waals surface area contributed by atoms with E-state index in [0.29, 0.717) is 22.4 Å². The van der Waals surface area contributed by atoms with Crippen molar-refractivity contribution >= 4 is 23.4 Å². The number of benzene rings is 3. The first kappa shape index (κ1) is 20.3. The van der Waals surface area contributed by atoms with Gasteiger partial charge in [-0.25, -0.2) is 5.48 Å². The van der Waals surface area contributed by atoms with Gasteiger partial charge in [0.15, 0.2) is 0 Å². The van der Waals surface area contributed by atoms with Gasteiger partial charge in [-0.1, -0.05) is 48.5 Å². The highest BCUT2D eigenvalue weighted by molar-refractivity contribution is 6.09. The highest BCUT2D eigenvalue weighted by Gasteiger charge is 2.32. The summed E-state index contributed by atoms with van der Waals surface area (Å²) in [5, 5.41) is 11.9. The normalized spacial score (nSPS) is 15.7. The molecule has 3 aromatic carbocycles. The summed E-state index contributed by atoms with van der Waals surface area (Å²) >= 11 is 0. The quantitative estimate of drug-likeness (QED) is 0.449. The van der Waals surface area contributed by atoms with Crippen molar-refractivity contribution in [1.29, 1.82) is 0 Å². The fourth-order valence-corrected chi connectivity index (χ4v) is 3.70. The molecule has 0 aliphatic carbocycles. The van der Waals surface area contributed by atoms with Crippen molar-refractivity contribution in [2.24, 2.45) is 0 Å². The molecule has 31 heavy (non-hydrogen) atoms. The number of para-hydroxylation sites is 1. The Morgan fingerprint density at radius 2 is 1.71 bits per heavy atom. The third-order valence-electron chi connectivity index (χ3n) is 5.39. The zero-order chi connectivity index (χ0) is 22.0. The maximum Gasteiger partial charge on any atom is 0.275 e. The molecule has 4 rings (SSSR count). The molecular formula is C24H21N3O4. The molecule has 1 heterocycles. The number of anilines is 1. The molecule has 0 fully saturated rings. The van der Waals surface area contributed by atoms with Crippen LogP contribution in [0.4, 0.5) is 5.69 Å². The van der Waals surface area contributed by atoms with E-state index in [4.69, 9.17) is 5.21 Å². The van der Waals surface area contributed by atoms with Crippen LogP contribution in [0.3, 0.4) is 0 Å². The number of nitrogens with zero attached hydrogens (tertiary/aromatic N) is 1. The second-order valence-corrected chi connectivity index (χ2v) is 7.33. The van der Waals surface area contributed by atoms with Crippen molar-refractivity contribution in [1.82, 2.24) is 10.4 Å². The molecule has 0 saturated carbocycles. The lowest BCUT2D eigenvalue weighted by molar-refractivity contribution is -0.120. The van der Waals surface area contributed by atoms with E-state index in [1.54, 1.807) is 54.9 Å². The van der Waals surface area contributed by atoms with Gasteiger partial charge in [-0.15, -0.1) is 0 Å². The number of carbonyl (C=O) groups is 3. The molecular weight excluding hydrogens is 394 g/mol. The molecule has 0 radical (unpaired) electrons. The first-order valence-corrected chi connectivity index (χ1v) is 9.83. The Labute approximate surface area is 179 Å². The van der Waals surface area contributed by atoms with Crippen LogP contribution in [0.5, 0.6) is 0 Å². The highest BCUT2D eigenvalue weighted by Crippen LogP contribution is 2.28. The minimum absolute atomic E-state index is 0.183. The molecule has 3 aromatic rings. The van der Waals surface area contributed by atoms with Gasteiger partial charge in [0.05, 0.1) is 11.3 Å². The third-order valence-corrected chi connectivity index (χ3v) is 5.39. The molecule has 3 amide bonds. The Bertz CT molecular complexity index is 1160. The number of nitrogens with one attached hydrogen (secondary N) is 2. The van der Waals surface area contributed by atoms with Gasteiger partial charge in [0.25, 0.3) is 11.8 Å². The number of hydrogen-bond donors (Lipinski definition) is 3. The standard InChI is InChI=1S/C24H21N3O4/c1-15-22(28)25-21-10-6-5-9-19(21)24(30)27(15)14-16-11-12-18(23(29)26-31)20(13-16)17-7-3-2-4-8-17/h2-13,15,31H,14H2,1H3,(H,25,28)(H,26,29). The molecule has 0 spiro atoms. The molecule has 1 unspecified atom stereocenters. The lowest BCUT2D eigenvalue weighted by Gasteiger charge is -2.26. The smallest absolute Gasteiger partial charge is 0.275 e. The van der Waals surface area contributed by atoms with Crippen molar-refractivity contribution in [2.45, 2.75) is 19.5 Å². The van der Waals surface area contributed by atoms with Crippen molar-refractivity contribution in [3.8, 4) is 11.1 Å². The van der Waals surface area contributed by atoms with Gasteiger partial charge in [-0.3, -0.25) is 19.6 Å². The number of hydrogen-bond acceptors (Lipinski definition) is 4. The number of hydroxylamine groups is 1. The van der Waals surface area contributed by atoms with Crippen LogP contribution in [0, 0.1) is 0 Å². The van der Waals surface area contributed by atoms with Crippen LogP contribution in [-0.2, 0) is 11.3 Å². The van der Waals surface area contributed by atoms with Crippen LogP contribution < -0.4 is 10.8 Å². The van der Waals surface area contributed by atoms with E-state index in [-0.39, 0.29) is 18.4 Å². The van der Waals surface area contributed by atoms with Crippen LogP contribution >= 0.6 is 0 Å². The summed E-state index contributed by atoms with van der Waals surface area (Å²) in [5.41, 5.74) is 5.06. The second kappa shape index (κ2) is 8.41. The molecule has 1 atom stereocenters. The molecule has 0 aromatic heterocycles. The number of fused-ring (bicyclic) bond motifs is 1. The molecule has 1 aliphatic rings. The molecule has 0 bridgehead atoms. The van der Waals surface area contributed by atoms with Crippen LogP contribution in [0.25, 0.3) is 11.1 Å². The van der Waals surface area contributed by atoms with E-state index in [1.165, 1.54) is 4.90 Å². The van der Waals surface area contributed by atoms with Crippen LogP contribution in [0.15, 0.2) is 72.8 Å². The first-order valence-electron chi connectivity index (χ1n) is 9.83.